The van der Waals surface area contributed by atoms with Crippen LogP contribution in [0.4, 0.5) is 13.2 Å². The average Bonchev–Trinajstić information content (AvgIpc) is 2.97. The predicted molar refractivity (Wildman–Crippen MR) is 102 cm³/mol. The molecule has 5 nitrogen and oxygen atoms in total. The number of nitrogens with one attached hydrogen (secondary N) is 2. The van der Waals surface area contributed by atoms with Crippen LogP contribution >= 0.6 is 11.3 Å². The van der Waals surface area contributed by atoms with Gasteiger partial charge in [-0.15, -0.1) is 11.3 Å². The van der Waals surface area contributed by atoms with Gasteiger partial charge >= 0.3 is 6.18 Å². The van der Waals surface area contributed by atoms with Gasteiger partial charge in [0.2, 0.25) is 0 Å². The molecule has 154 valence electrons. The molecule has 0 spiro atoms. The largest absolute Gasteiger partial charge is 0.434 e. The molecule has 0 aromatic carbocycles. The van der Waals surface area contributed by atoms with Gasteiger partial charge < -0.3 is 15.4 Å². The Morgan fingerprint density at radius 3 is 2.59 bits per heavy atom. The Labute approximate surface area is 162 Å². The Kier molecular flexibility index (Phi) is 9.33. The van der Waals surface area contributed by atoms with E-state index in [4.69, 9.17) is 4.74 Å². The van der Waals surface area contributed by atoms with E-state index in [0.717, 1.165) is 42.7 Å². The summed E-state index contributed by atoms with van der Waals surface area (Å²) in [5.74, 6) is 0.559. The summed E-state index contributed by atoms with van der Waals surface area (Å²) in [6.45, 7) is 1.72. The molecule has 0 radical (unpaired) electrons. The highest BCUT2D eigenvalue weighted by molar-refractivity contribution is 7.09. The molecule has 2 N–H and O–H groups in total. The van der Waals surface area contributed by atoms with E-state index < -0.39 is 11.9 Å². The van der Waals surface area contributed by atoms with Crippen molar-refractivity contribution in [2.24, 2.45) is 4.99 Å². The number of guanidine groups is 1. The maximum absolute atomic E-state index is 12.6. The fourth-order valence-corrected chi connectivity index (χ4v) is 3.74. The van der Waals surface area contributed by atoms with Gasteiger partial charge in [-0.1, -0.05) is 25.7 Å². The summed E-state index contributed by atoms with van der Waals surface area (Å²) in [6, 6.07) is 0. The van der Waals surface area contributed by atoms with Crippen molar-refractivity contribution >= 4 is 17.3 Å². The summed E-state index contributed by atoms with van der Waals surface area (Å²) in [5.41, 5.74) is -0.846. The van der Waals surface area contributed by atoms with Gasteiger partial charge in [-0.25, -0.2) is 4.98 Å². The molecule has 0 atom stereocenters. The van der Waals surface area contributed by atoms with Crippen molar-refractivity contribution in [2.75, 3.05) is 20.2 Å². The normalized spacial score (nSPS) is 17.0. The number of halogens is 3. The third-order valence-corrected chi connectivity index (χ3v) is 5.34. The smallest absolute Gasteiger partial charge is 0.378 e. The van der Waals surface area contributed by atoms with Gasteiger partial charge in [0.25, 0.3) is 0 Å². The molecule has 27 heavy (non-hydrogen) atoms. The second kappa shape index (κ2) is 11.5. The average molecular weight is 407 g/mol. The van der Waals surface area contributed by atoms with Crippen LogP contribution in [0.3, 0.4) is 0 Å². The molecule has 0 bridgehead atoms. The van der Waals surface area contributed by atoms with Crippen LogP contribution in [0, 0.1) is 0 Å². The number of ether oxygens (including phenoxy) is 1. The zero-order valence-electron chi connectivity index (χ0n) is 15.8. The van der Waals surface area contributed by atoms with Crippen LogP contribution in [0.25, 0.3) is 0 Å². The van der Waals surface area contributed by atoms with Crippen molar-refractivity contribution in [3.8, 4) is 0 Å². The second-order valence-electron chi connectivity index (χ2n) is 6.67. The summed E-state index contributed by atoms with van der Waals surface area (Å²) in [7, 11) is 1.63. The van der Waals surface area contributed by atoms with Crippen LogP contribution in [0.1, 0.15) is 62.1 Å². The molecule has 2 rings (SSSR count). The van der Waals surface area contributed by atoms with Crippen molar-refractivity contribution in [3.05, 3.63) is 16.1 Å². The molecule has 1 aliphatic carbocycles. The standard InChI is InChI=1S/C18H29F3N4OS/c1-22-17(24-12-16-25-15(13-27-16)18(19,20)21)23-10-6-7-11-26-14-8-4-2-3-5-9-14/h13-14H,2-12H2,1H3,(H2,22,23,24). The van der Waals surface area contributed by atoms with E-state index in [1.54, 1.807) is 7.05 Å². The fraction of sp³-hybridized carbons (Fsp3) is 0.778. The highest BCUT2D eigenvalue weighted by Crippen LogP contribution is 2.29. The molecule has 1 aromatic heterocycles. The van der Waals surface area contributed by atoms with Crippen molar-refractivity contribution < 1.29 is 17.9 Å². The zero-order chi connectivity index (χ0) is 19.5. The van der Waals surface area contributed by atoms with Crippen LogP contribution in [0.2, 0.25) is 0 Å². The van der Waals surface area contributed by atoms with Crippen LogP contribution in [0.15, 0.2) is 10.4 Å². The Morgan fingerprint density at radius 1 is 1.22 bits per heavy atom. The van der Waals surface area contributed by atoms with E-state index in [9.17, 15) is 13.2 Å². The van der Waals surface area contributed by atoms with E-state index in [-0.39, 0.29) is 6.54 Å². The third-order valence-electron chi connectivity index (χ3n) is 4.49. The summed E-state index contributed by atoms with van der Waals surface area (Å²) >= 11 is 0.986. The Morgan fingerprint density at radius 2 is 1.96 bits per heavy atom. The first-order chi connectivity index (χ1) is 13.0. The Balaban J connectivity index is 1.57. The van der Waals surface area contributed by atoms with Crippen molar-refractivity contribution in [2.45, 2.75) is 70.2 Å². The quantitative estimate of drug-likeness (QED) is 0.292. The maximum Gasteiger partial charge on any atom is 0.434 e. The molecule has 0 unspecified atom stereocenters. The van der Waals surface area contributed by atoms with Gasteiger partial charge in [0.15, 0.2) is 11.7 Å². The first-order valence-corrected chi connectivity index (χ1v) is 10.4. The van der Waals surface area contributed by atoms with E-state index in [2.05, 4.69) is 20.6 Å². The zero-order valence-corrected chi connectivity index (χ0v) is 16.6. The summed E-state index contributed by atoms with van der Waals surface area (Å²) in [5, 5.41) is 7.56. The van der Waals surface area contributed by atoms with Crippen LogP contribution in [0.5, 0.6) is 0 Å². The van der Waals surface area contributed by atoms with Crippen molar-refractivity contribution in [1.82, 2.24) is 15.6 Å². The molecule has 0 saturated heterocycles. The number of alkyl halides is 3. The lowest BCUT2D eigenvalue weighted by Crippen LogP contribution is -2.37. The Bertz CT molecular complexity index is 569. The topological polar surface area (TPSA) is 58.5 Å². The molecule has 1 aromatic rings. The molecule has 1 heterocycles. The van der Waals surface area contributed by atoms with Gasteiger partial charge in [0.1, 0.15) is 5.01 Å². The first-order valence-electron chi connectivity index (χ1n) is 9.57. The lowest BCUT2D eigenvalue weighted by atomic mass is 10.1. The second-order valence-corrected chi connectivity index (χ2v) is 7.61. The van der Waals surface area contributed by atoms with Crippen molar-refractivity contribution in [3.63, 3.8) is 0 Å². The number of thiazole rings is 1. The van der Waals surface area contributed by atoms with E-state index in [0.29, 0.717) is 17.1 Å². The van der Waals surface area contributed by atoms with E-state index in [1.165, 1.54) is 38.5 Å². The minimum atomic E-state index is -4.40. The molecule has 0 amide bonds. The van der Waals surface area contributed by atoms with Crippen LogP contribution < -0.4 is 10.6 Å². The van der Waals surface area contributed by atoms with Gasteiger partial charge in [0.05, 0.1) is 12.6 Å². The number of aromatic nitrogens is 1. The molecule has 1 fully saturated rings. The third kappa shape index (κ3) is 8.47. The predicted octanol–water partition coefficient (Wildman–Crippen LogP) is 4.35. The van der Waals surface area contributed by atoms with Crippen LogP contribution in [-0.2, 0) is 17.5 Å². The minimum absolute atomic E-state index is 0.214. The highest BCUT2D eigenvalue weighted by Gasteiger charge is 2.33. The maximum atomic E-state index is 12.6. The number of hydrogen-bond donors (Lipinski definition) is 2. The number of rotatable bonds is 8. The fourth-order valence-electron chi connectivity index (χ4n) is 2.99. The summed E-state index contributed by atoms with van der Waals surface area (Å²) in [6.07, 6.45) is 5.52. The first kappa shape index (κ1) is 21.9. The van der Waals surface area contributed by atoms with Crippen LogP contribution in [-0.4, -0.2) is 37.2 Å². The molecule has 1 aliphatic rings. The van der Waals surface area contributed by atoms with E-state index >= 15 is 0 Å². The molecule has 1 saturated carbocycles. The van der Waals surface area contributed by atoms with Gasteiger partial charge in [-0.2, -0.15) is 13.2 Å². The van der Waals surface area contributed by atoms with Gasteiger partial charge in [-0.3, -0.25) is 4.99 Å². The molecule has 0 aliphatic heterocycles. The highest BCUT2D eigenvalue weighted by atomic mass is 32.1. The SMILES string of the molecule is CN=C(NCCCCOC1CCCCCC1)NCc1nc(C(F)(F)F)cs1. The van der Waals surface area contributed by atoms with E-state index in [1.807, 2.05) is 0 Å². The van der Waals surface area contributed by atoms with Gasteiger partial charge in [-0.05, 0) is 25.7 Å². The number of unbranched alkanes of at least 4 members (excludes halogenated alkanes) is 1. The number of nitrogens with zero attached hydrogens (tertiary/aromatic N) is 2. The molecular formula is C18H29F3N4OS. The monoisotopic (exact) mass is 406 g/mol. The Hall–Kier alpha value is -1.35. The molecular weight excluding hydrogens is 377 g/mol. The summed E-state index contributed by atoms with van der Waals surface area (Å²) in [4.78, 5) is 7.67. The van der Waals surface area contributed by atoms with Crippen molar-refractivity contribution in [1.29, 1.82) is 0 Å². The van der Waals surface area contributed by atoms with Gasteiger partial charge in [0, 0.05) is 25.6 Å². The lowest BCUT2D eigenvalue weighted by Gasteiger charge is -2.15. The number of aliphatic imine (C=N–C) groups is 1. The number of hydrogen-bond acceptors (Lipinski definition) is 4. The molecule has 9 heteroatoms. The summed E-state index contributed by atoms with van der Waals surface area (Å²) < 4.78 is 43.6. The minimum Gasteiger partial charge on any atom is -0.378 e. The lowest BCUT2D eigenvalue weighted by molar-refractivity contribution is -0.140.